The van der Waals surface area contributed by atoms with Gasteiger partial charge >= 0.3 is 0 Å². The fraction of sp³-hybridized carbons (Fsp3) is 0.500. The van der Waals surface area contributed by atoms with Crippen LogP contribution < -0.4 is 5.73 Å². The first-order valence-electron chi connectivity index (χ1n) is 7.63. The minimum atomic E-state index is -3.33. The SMILES string of the molecule is NCc1cccc2c1C=C(CN1CCCCCC1)S2(=O)=O. The number of fused-ring (bicyclic) bond motifs is 1. The Morgan fingerprint density at radius 2 is 1.81 bits per heavy atom. The van der Waals surface area contributed by atoms with Gasteiger partial charge in [-0.15, -0.1) is 0 Å². The molecule has 1 aromatic rings. The van der Waals surface area contributed by atoms with Crippen LogP contribution in [0.4, 0.5) is 0 Å². The first kappa shape index (κ1) is 14.8. The standard InChI is InChI=1S/C16H22N2O2S/c17-11-13-6-5-7-16-15(13)10-14(21(16,19)20)12-18-8-3-1-2-4-9-18/h5-7,10H,1-4,8-9,11-12,17H2. The van der Waals surface area contributed by atoms with Crippen molar-refractivity contribution < 1.29 is 8.42 Å². The molecule has 2 aliphatic heterocycles. The topological polar surface area (TPSA) is 63.4 Å². The predicted molar refractivity (Wildman–Crippen MR) is 84.4 cm³/mol. The van der Waals surface area contributed by atoms with Crippen LogP contribution in [0.3, 0.4) is 0 Å². The van der Waals surface area contributed by atoms with Gasteiger partial charge in [0, 0.05) is 13.1 Å². The number of hydrogen-bond acceptors (Lipinski definition) is 4. The number of hydrogen-bond donors (Lipinski definition) is 1. The molecule has 0 radical (unpaired) electrons. The molecule has 0 aromatic heterocycles. The third-order valence-corrected chi connectivity index (χ3v) is 6.27. The van der Waals surface area contributed by atoms with E-state index in [9.17, 15) is 8.42 Å². The van der Waals surface area contributed by atoms with Gasteiger partial charge < -0.3 is 5.73 Å². The van der Waals surface area contributed by atoms with Crippen LogP contribution in [0, 0.1) is 0 Å². The molecular formula is C16H22N2O2S. The van der Waals surface area contributed by atoms with Gasteiger partial charge in [0.25, 0.3) is 0 Å². The Labute approximate surface area is 126 Å². The largest absolute Gasteiger partial charge is 0.326 e. The van der Waals surface area contributed by atoms with E-state index in [1.807, 2.05) is 12.1 Å². The number of benzene rings is 1. The molecular weight excluding hydrogens is 284 g/mol. The van der Waals surface area contributed by atoms with E-state index < -0.39 is 9.84 Å². The molecule has 0 amide bonds. The second-order valence-corrected chi connectivity index (χ2v) is 7.81. The minimum Gasteiger partial charge on any atom is -0.326 e. The van der Waals surface area contributed by atoms with Crippen molar-refractivity contribution in [3.63, 3.8) is 0 Å². The Morgan fingerprint density at radius 1 is 1.10 bits per heavy atom. The molecule has 0 unspecified atom stereocenters. The number of nitrogens with zero attached hydrogens (tertiary/aromatic N) is 1. The summed E-state index contributed by atoms with van der Waals surface area (Å²) in [6, 6.07) is 5.37. The summed E-state index contributed by atoms with van der Waals surface area (Å²) in [5, 5.41) is 0. The summed E-state index contributed by atoms with van der Waals surface area (Å²) in [7, 11) is -3.33. The molecule has 0 spiro atoms. The highest BCUT2D eigenvalue weighted by molar-refractivity contribution is 7.95. The summed E-state index contributed by atoms with van der Waals surface area (Å²) < 4.78 is 25.4. The second-order valence-electron chi connectivity index (χ2n) is 5.84. The first-order chi connectivity index (χ1) is 10.1. The molecule has 2 aliphatic rings. The Kier molecular flexibility index (Phi) is 4.15. The van der Waals surface area contributed by atoms with Crippen molar-refractivity contribution in [1.82, 2.24) is 4.90 Å². The molecule has 21 heavy (non-hydrogen) atoms. The Bertz CT molecular complexity index is 657. The second kappa shape index (κ2) is 5.91. The average molecular weight is 306 g/mol. The van der Waals surface area contributed by atoms with Gasteiger partial charge in [-0.3, -0.25) is 4.90 Å². The van der Waals surface area contributed by atoms with E-state index >= 15 is 0 Å². The summed E-state index contributed by atoms with van der Waals surface area (Å²) in [6.07, 6.45) is 6.65. The zero-order chi connectivity index (χ0) is 14.9. The van der Waals surface area contributed by atoms with E-state index in [0.29, 0.717) is 22.9 Å². The summed E-state index contributed by atoms with van der Waals surface area (Å²) in [4.78, 5) is 3.22. The maximum Gasteiger partial charge on any atom is 0.204 e. The highest BCUT2D eigenvalue weighted by Gasteiger charge is 2.31. The van der Waals surface area contributed by atoms with Gasteiger partial charge in [-0.05, 0) is 49.2 Å². The number of likely N-dealkylation sites (tertiary alicyclic amines) is 1. The van der Waals surface area contributed by atoms with E-state index in [1.165, 1.54) is 12.8 Å². The number of rotatable bonds is 3. The van der Waals surface area contributed by atoms with Crippen molar-refractivity contribution in [2.24, 2.45) is 5.73 Å². The molecule has 1 fully saturated rings. The first-order valence-corrected chi connectivity index (χ1v) is 9.11. The molecule has 2 N–H and O–H groups in total. The average Bonchev–Trinajstić information content (AvgIpc) is 2.65. The molecule has 2 heterocycles. The molecule has 0 atom stereocenters. The van der Waals surface area contributed by atoms with Gasteiger partial charge in [0.1, 0.15) is 0 Å². The Hall–Kier alpha value is -1.17. The van der Waals surface area contributed by atoms with Crippen LogP contribution in [-0.2, 0) is 16.4 Å². The lowest BCUT2D eigenvalue weighted by molar-refractivity contribution is 0.313. The number of nitrogens with two attached hydrogens (primary N) is 1. The normalized spacial score (nSPS) is 21.7. The maximum atomic E-state index is 12.7. The zero-order valence-electron chi connectivity index (χ0n) is 12.2. The van der Waals surface area contributed by atoms with Gasteiger partial charge in [0.15, 0.2) is 0 Å². The molecule has 5 heteroatoms. The minimum absolute atomic E-state index is 0.367. The zero-order valence-corrected chi connectivity index (χ0v) is 13.0. The molecule has 4 nitrogen and oxygen atoms in total. The highest BCUT2D eigenvalue weighted by Crippen LogP contribution is 2.35. The third kappa shape index (κ3) is 2.78. The van der Waals surface area contributed by atoms with Crippen LogP contribution in [0.2, 0.25) is 0 Å². The molecule has 0 aliphatic carbocycles. The lowest BCUT2D eigenvalue weighted by Gasteiger charge is -2.19. The van der Waals surface area contributed by atoms with Crippen molar-refractivity contribution >= 4 is 15.9 Å². The van der Waals surface area contributed by atoms with Crippen molar-refractivity contribution in [1.29, 1.82) is 0 Å². The van der Waals surface area contributed by atoms with Crippen LogP contribution in [0.5, 0.6) is 0 Å². The quantitative estimate of drug-likeness (QED) is 0.929. The van der Waals surface area contributed by atoms with Crippen molar-refractivity contribution in [3.05, 3.63) is 34.2 Å². The summed E-state index contributed by atoms with van der Waals surface area (Å²) in [5.74, 6) is 0. The van der Waals surface area contributed by atoms with E-state index in [1.54, 1.807) is 12.1 Å². The number of sulfone groups is 1. The summed E-state index contributed by atoms with van der Waals surface area (Å²) in [5.41, 5.74) is 7.43. The van der Waals surface area contributed by atoms with Crippen LogP contribution in [0.1, 0.15) is 36.8 Å². The molecule has 0 bridgehead atoms. The van der Waals surface area contributed by atoms with Crippen LogP contribution in [0.15, 0.2) is 28.0 Å². The fourth-order valence-corrected chi connectivity index (χ4v) is 4.84. The molecule has 114 valence electrons. The predicted octanol–water partition coefficient (Wildman–Crippen LogP) is 2.15. The van der Waals surface area contributed by atoms with E-state index in [-0.39, 0.29) is 0 Å². The lowest BCUT2D eigenvalue weighted by atomic mass is 10.1. The van der Waals surface area contributed by atoms with Gasteiger partial charge in [-0.1, -0.05) is 25.0 Å². The summed E-state index contributed by atoms with van der Waals surface area (Å²) in [6.45, 7) is 2.88. The molecule has 1 saturated heterocycles. The van der Waals surface area contributed by atoms with Gasteiger partial charge in [0.05, 0.1) is 9.80 Å². The van der Waals surface area contributed by atoms with Gasteiger partial charge in [0.2, 0.25) is 9.84 Å². The van der Waals surface area contributed by atoms with Crippen LogP contribution in [0.25, 0.3) is 6.08 Å². The van der Waals surface area contributed by atoms with Crippen molar-refractivity contribution in [3.8, 4) is 0 Å². The van der Waals surface area contributed by atoms with E-state index in [0.717, 1.165) is 37.1 Å². The van der Waals surface area contributed by atoms with Gasteiger partial charge in [-0.2, -0.15) is 0 Å². The van der Waals surface area contributed by atoms with E-state index in [4.69, 9.17) is 5.73 Å². The van der Waals surface area contributed by atoms with Crippen LogP contribution >= 0.6 is 0 Å². The van der Waals surface area contributed by atoms with Crippen molar-refractivity contribution in [2.45, 2.75) is 37.1 Å². The maximum absolute atomic E-state index is 12.7. The Morgan fingerprint density at radius 3 is 2.48 bits per heavy atom. The smallest absolute Gasteiger partial charge is 0.204 e. The molecule has 1 aromatic carbocycles. The third-order valence-electron chi connectivity index (χ3n) is 4.39. The van der Waals surface area contributed by atoms with Gasteiger partial charge in [-0.25, -0.2) is 8.42 Å². The lowest BCUT2D eigenvalue weighted by Crippen LogP contribution is -2.28. The van der Waals surface area contributed by atoms with Crippen LogP contribution in [-0.4, -0.2) is 33.0 Å². The Balaban J connectivity index is 1.90. The fourth-order valence-electron chi connectivity index (χ4n) is 3.19. The molecule has 0 saturated carbocycles. The summed E-state index contributed by atoms with van der Waals surface area (Å²) >= 11 is 0. The monoisotopic (exact) mass is 306 g/mol. The highest BCUT2D eigenvalue weighted by atomic mass is 32.2. The van der Waals surface area contributed by atoms with Crippen molar-refractivity contribution in [2.75, 3.05) is 19.6 Å². The molecule has 3 rings (SSSR count). The van der Waals surface area contributed by atoms with E-state index in [2.05, 4.69) is 4.90 Å².